The van der Waals surface area contributed by atoms with Gasteiger partial charge < -0.3 is 10.6 Å². The number of amides is 1. The van der Waals surface area contributed by atoms with Gasteiger partial charge in [-0.3, -0.25) is 4.79 Å². The number of benzene rings is 1. The molecule has 0 heterocycles. The third-order valence-corrected chi connectivity index (χ3v) is 3.09. The quantitative estimate of drug-likeness (QED) is 0.848. The van der Waals surface area contributed by atoms with E-state index in [1.54, 1.807) is 4.90 Å². The zero-order valence-corrected chi connectivity index (χ0v) is 10.9. The molecule has 0 spiro atoms. The van der Waals surface area contributed by atoms with Gasteiger partial charge >= 0.3 is 0 Å². The fraction of sp³-hybridized carbons (Fsp3) is 0.500. The van der Waals surface area contributed by atoms with E-state index in [-0.39, 0.29) is 11.8 Å². The number of rotatable bonds is 5. The third kappa shape index (κ3) is 3.86. The first kappa shape index (κ1) is 13.7. The van der Waals surface area contributed by atoms with Crippen LogP contribution in [0.1, 0.15) is 31.4 Å². The predicted octanol–water partition coefficient (Wildman–Crippen LogP) is 2.15. The van der Waals surface area contributed by atoms with Crippen molar-refractivity contribution in [1.82, 2.24) is 4.90 Å². The molecule has 0 aliphatic carbocycles. The molecule has 3 heteroatoms. The lowest BCUT2D eigenvalue weighted by molar-refractivity contribution is -0.134. The molecule has 0 saturated carbocycles. The summed E-state index contributed by atoms with van der Waals surface area (Å²) in [4.78, 5) is 13.7. The van der Waals surface area contributed by atoms with Crippen LogP contribution in [0.25, 0.3) is 0 Å². The predicted molar refractivity (Wildman–Crippen MR) is 70.3 cm³/mol. The summed E-state index contributed by atoms with van der Waals surface area (Å²) in [5.74, 6) is 0.304. The molecule has 0 bridgehead atoms. The van der Waals surface area contributed by atoms with Crippen LogP contribution in [-0.4, -0.2) is 17.9 Å². The smallest absolute Gasteiger partial charge is 0.225 e. The summed E-state index contributed by atoms with van der Waals surface area (Å²) in [6.45, 7) is 5.22. The van der Waals surface area contributed by atoms with Gasteiger partial charge in [0.05, 0.1) is 0 Å². The minimum Gasteiger partial charge on any atom is -0.341 e. The molecule has 2 N–H and O–H groups in total. The van der Waals surface area contributed by atoms with E-state index < -0.39 is 0 Å². The number of carbonyl (C=O) groups is 1. The fourth-order valence-corrected chi connectivity index (χ4v) is 1.68. The van der Waals surface area contributed by atoms with Crippen molar-refractivity contribution in [2.45, 2.75) is 33.4 Å². The Balaban J connectivity index is 2.61. The van der Waals surface area contributed by atoms with Crippen molar-refractivity contribution in [2.24, 2.45) is 11.7 Å². The topological polar surface area (TPSA) is 46.3 Å². The molecule has 0 aromatic heterocycles. The molecular weight excluding hydrogens is 212 g/mol. The van der Waals surface area contributed by atoms with Crippen LogP contribution in [0.15, 0.2) is 24.3 Å². The van der Waals surface area contributed by atoms with Gasteiger partial charge in [0.2, 0.25) is 5.91 Å². The molecular formula is C14H22N2O. The van der Waals surface area contributed by atoms with Crippen molar-refractivity contribution in [1.29, 1.82) is 0 Å². The first-order chi connectivity index (χ1) is 8.08. The van der Waals surface area contributed by atoms with E-state index >= 15 is 0 Å². The Morgan fingerprint density at radius 2 is 1.82 bits per heavy atom. The van der Waals surface area contributed by atoms with Crippen LogP contribution < -0.4 is 5.73 Å². The Hall–Kier alpha value is -1.35. The van der Waals surface area contributed by atoms with Gasteiger partial charge in [0.15, 0.2) is 0 Å². The number of carbonyl (C=O) groups excluding carboxylic acids is 1. The second-order valence-corrected chi connectivity index (χ2v) is 4.52. The van der Waals surface area contributed by atoms with Crippen LogP contribution >= 0.6 is 0 Å². The highest BCUT2D eigenvalue weighted by atomic mass is 16.2. The van der Waals surface area contributed by atoms with E-state index in [9.17, 15) is 4.79 Å². The molecule has 0 saturated heterocycles. The molecule has 94 valence electrons. The van der Waals surface area contributed by atoms with E-state index in [0.29, 0.717) is 13.1 Å². The monoisotopic (exact) mass is 234 g/mol. The zero-order chi connectivity index (χ0) is 12.8. The molecule has 0 radical (unpaired) electrons. The Labute approximate surface area is 104 Å². The lowest BCUT2D eigenvalue weighted by Gasteiger charge is -2.20. The SMILES string of the molecule is CCC(C)C(=O)N(C)Cc1ccc(CN)cc1. The number of nitrogens with zero attached hydrogens (tertiary/aromatic N) is 1. The average Bonchev–Trinajstić information content (AvgIpc) is 2.37. The molecule has 1 aromatic rings. The van der Waals surface area contributed by atoms with Crippen molar-refractivity contribution in [3.63, 3.8) is 0 Å². The van der Waals surface area contributed by atoms with Crippen LogP contribution in [0.5, 0.6) is 0 Å². The molecule has 0 aliphatic rings. The van der Waals surface area contributed by atoms with Crippen molar-refractivity contribution in [3.8, 4) is 0 Å². The molecule has 1 unspecified atom stereocenters. The van der Waals surface area contributed by atoms with Crippen LogP contribution in [0.2, 0.25) is 0 Å². The molecule has 3 nitrogen and oxygen atoms in total. The average molecular weight is 234 g/mol. The van der Waals surface area contributed by atoms with Crippen LogP contribution in [0, 0.1) is 5.92 Å². The lowest BCUT2D eigenvalue weighted by atomic mass is 10.1. The molecule has 1 atom stereocenters. The second-order valence-electron chi connectivity index (χ2n) is 4.52. The Kier molecular flexibility index (Phi) is 5.16. The second kappa shape index (κ2) is 6.40. The summed E-state index contributed by atoms with van der Waals surface area (Å²) in [5.41, 5.74) is 7.80. The minimum absolute atomic E-state index is 0.100. The summed E-state index contributed by atoms with van der Waals surface area (Å²) < 4.78 is 0. The first-order valence-corrected chi connectivity index (χ1v) is 6.11. The third-order valence-electron chi connectivity index (χ3n) is 3.09. The molecule has 0 fully saturated rings. The molecule has 1 aromatic carbocycles. The highest BCUT2D eigenvalue weighted by Crippen LogP contribution is 2.10. The van der Waals surface area contributed by atoms with E-state index in [0.717, 1.165) is 17.5 Å². The van der Waals surface area contributed by atoms with Crippen molar-refractivity contribution in [2.75, 3.05) is 7.05 Å². The largest absolute Gasteiger partial charge is 0.341 e. The standard InChI is InChI=1S/C14H22N2O/c1-4-11(2)14(17)16(3)10-13-7-5-12(9-15)6-8-13/h5-8,11H,4,9-10,15H2,1-3H3. The van der Waals surface area contributed by atoms with E-state index in [4.69, 9.17) is 5.73 Å². The summed E-state index contributed by atoms with van der Waals surface area (Å²) in [5, 5.41) is 0. The Morgan fingerprint density at radius 1 is 1.29 bits per heavy atom. The maximum absolute atomic E-state index is 11.9. The molecule has 1 rings (SSSR count). The highest BCUT2D eigenvalue weighted by Gasteiger charge is 2.15. The maximum Gasteiger partial charge on any atom is 0.225 e. The van der Waals surface area contributed by atoms with Gasteiger partial charge in [0, 0.05) is 26.1 Å². The molecule has 1 amide bonds. The zero-order valence-electron chi connectivity index (χ0n) is 10.9. The Bertz CT molecular complexity index is 359. The van der Waals surface area contributed by atoms with Gasteiger partial charge in [-0.15, -0.1) is 0 Å². The number of hydrogen-bond acceptors (Lipinski definition) is 2. The van der Waals surface area contributed by atoms with Gasteiger partial charge in [-0.2, -0.15) is 0 Å². The summed E-state index contributed by atoms with van der Waals surface area (Å²) in [7, 11) is 1.85. The van der Waals surface area contributed by atoms with Gasteiger partial charge in [0.1, 0.15) is 0 Å². The van der Waals surface area contributed by atoms with E-state index in [2.05, 4.69) is 0 Å². The van der Waals surface area contributed by atoms with Gasteiger partial charge in [0.25, 0.3) is 0 Å². The van der Waals surface area contributed by atoms with Crippen LogP contribution in [-0.2, 0) is 17.9 Å². The van der Waals surface area contributed by atoms with E-state index in [1.165, 1.54) is 0 Å². The molecule has 0 aliphatic heterocycles. The van der Waals surface area contributed by atoms with Crippen molar-refractivity contribution >= 4 is 5.91 Å². The van der Waals surface area contributed by atoms with Crippen LogP contribution in [0.4, 0.5) is 0 Å². The minimum atomic E-state index is 0.100. The summed E-state index contributed by atoms with van der Waals surface area (Å²) in [6.07, 6.45) is 0.884. The maximum atomic E-state index is 11.9. The summed E-state index contributed by atoms with van der Waals surface area (Å²) in [6, 6.07) is 8.08. The van der Waals surface area contributed by atoms with E-state index in [1.807, 2.05) is 45.2 Å². The first-order valence-electron chi connectivity index (χ1n) is 6.11. The van der Waals surface area contributed by atoms with Crippen molar-refractivity contribution < 1.29 is 4.79 Å². The Morgan fingerprint density at radius 3 is 2.29 bits per heavy atom. The van der Waals surface area contributed by atoms with Crippen molar-refractivity contribution in [3.05, 3.63) is 35.4 Å². The fourth-order valence-electron chi connectivity index (χ4n) is 1.68. The normalized spacial score (nSPS) is 12.2. The number of nitrogens with two attached hydrogens (primary N) is 1. The lowest BCUT2D eigenvalue weighted by Crippen LogP contribution is -2.30. The highest BCUT2D eigenvalue weighted by molar-refractivity contribution is 5.78. The molecule has 17 heavy (non-hydrogen) atoms. The van der Waals surface area contributed by atoms with Gasteiger partial charge in [-0.05, 0) is 17.5 Å². The van der Waals surface area contributed by atoms with Gasteiger partial charge in [-0.25, -0.2) is 0 Å². The van der Waals surface area contributed by atoms with Crippen LogP contribution in [0.3, 0.4) is 0 Å². The van der Waals surface area contributed by atoms with Gasteiger partial charge in [-0.1, -0.05) is 38.1 Å². The number of hydrogen-bond donors (Lipinski definition) is 1. The summed E-state index contributed by atoms with van der Waals surface area (Å²) >= 11 is 0.